The first kappa shape index (κ1) is 21.0. The van der Waals surface area contributed by atoms with Gasteiger partial charge in [0.25, 0.3) is 0 Å². The van der Waals surface area contributed by atoms with Gasteiger partial charge < -0.3 is 15.5 Å². The van der Waals surface area contributed by atoms with E-state index in [0.717, 1.165) is 25.6 Å². The van der Waals surface area contributed by atoms with Crippen LogP contribution in [0.4, 0.5) is 0 Å². The number of guanidine groups is 1. The zero-order valence-corrected chi connectivity index (χ0v) is 17.6. The van der Waals surface area contributed by atoms with Crippen LogP contribution in [0.15, 0.2) is 4.99 Å². The molecule has 1 saturated carbocycles. The van der Waals surface area contributed by atoms with Crippen molar-refractivity contribution in [2.45, 2.75) is 39.5 Å². The molecule has 2 N–H and O–H groups in total. The van der Waals surface area contributed by atoms with Gasteiger partial charge in [0.2, 0.25) is 0 Å². The molecule has 0 aromatic rings. The summed E-state index contributed by atoms with van der Waals surface area (Å²) in [4.78, 5) is 9.43. The average molecular weight is 437 g/mol. The maximum absolute atomic E-state index is 4.36. The van der Waals surface area contributed by atoms with Crippen LogP contribution >= 0.6 is 24.0 Å². The number of rotatable bonds is 7. The molecular formula is C17H36IN5. The highest BCUT2D eigenvalue weighted by Gasteiger charge is 2.34. The third kappa shape index (κ3) is 6.38. The van der Waals surface area contributed by atoms with E-state index >= 15 is 0 Å². The van der Waals surface area contributed by atoms with E-state index in [-0.39, 0.29) is 24.0 Å². The molecule has 0 amide bonds. The van der Waals surface area contributed by atoms with Crippen LogP contribution in [0.5, 0.6) is 0 Å². The molecule has 0 radical (unpaired) electrons. The molecule has 0 aromatic heterocycles. The zero-order valence-electron chi connectivity index (χ0n) is 15.2. The molecule has 6 heteroatoms. The Bertz CT molecular complexity index is 343. The molecule has 2 aliphatic rings. The number of piperazine rings is 1. The molecule has 1 aliphatic carbocycles. The Morgan fingerprint density at radius 2 is 1.70 bits per heavy atom. The third-order valence-corrected chi connectivity index (χ3v) is 5.65. The molecule has 0 spiro atoms. The Balaban J connectivity index is 0.00000264. The predicted molar refractivity (Wildman–Crippen MR) is 110 cm³/mol. The summed E-state index contributed by atoms with van der Waals surface area (Å²) in [7, 11) is 1.87. The van der Waals surface area contributed by atoms with Gasteiger partial charge in [-0.05, 0) is 31.2 Å². The van der Waals surface area contributed by atoms with Crippen LogP contribution in [-0.4, -0.2) is 75.2 Å². The van der Waals surface area contributed by atoms with E-state index in [1.165, 1.54) is 58.4 Å². The van der Waals surface area contributed by atoms with Crippen molar-refractivity contribution in [2.75, 3.05) is 59.4 Å². The number of likely N-dealkylation sites (N-methyl/N-ethyl adjacent to an activating group) is 1. The number of halogens is 1. The molecule has 2 fully saturated rings. The van der Waals surface area contributed by atoms with Crippen LogP contribution in [0.25, 0.3) is 0 Å². The lowest BCUT2D eigenvalue weighted by Crippen LogP contribution is -2.50. The van der Waals surface area contributed by atoms with Crippen molar-refractivity contribution in [1.29, 1.82) is 0 Å². The smallest absolute Gasteiger partial charge is 0.191 e. The summed E-state index contributed by atoms with van der Waals surface area (Å²) < 4.78 is 0. The molecular weight excluding hydrogens is 401 g/mol. The van der Waals surface area contributed by atoms with Crippen molar-refractivity contribution in [2.24, 2.45) is 10.4 Å². The molecule has 1 heterocycles. The summed E-state index contributed by atoms with van der Waals surface area (Å²) in [6.45, 7) is 13.7. The Kier molecular flexibility index (Phi) is 9.77. The number of hydrogen-bond acceptors (Lipinski definition) is 3. The second-order valence-corrected chi connectivity index (χ2v) is 6.84. The number of aliphatic imine (C=N–C) groups is 1. The number of nitrogens with zero attached hydrogens (tertiary/aromatic N) is 3. The molecule has 1 aliphatic heterocycles. The van der Waals surface area contributed by atoms with E-state index in [2.05, 4.69) is 39.3 Å². The van der Waals surface area contributed by atoms with Gasteiger partial charge in [0.05, 0.1) is 0 Å². The highest BCUT2D eigenvalue weighted by molar-refractivity contribution is 14.0. The molecule has 0 unspecified atom stereocenters. The first-order valence-electron chi connectivity index (χ1n) is 9.10. The highest BCUT2D eigenvalue weighted by atomic mass is 127. The summed E-state index contributed by atoms with van der Waals surface area (Å²) >= 11 is 0. The maximum atomic E-state index is 4.36. The number of nitrogens with one attached hydrogen (secondary N) is 2. The first-order chi connectivity index (χ1) is 10.7. The van der Waals surface area contributed by atoms with E-state index in [1.807, 2.05) is 7.05 Å². The van der Waals surface area contributed by atoms with E-state index in [4.69, 9.17) is 0 Å². The Hall–Kier alpha value is -0.0800. The van der Waals surface area contributed by atoms with Crippen LogP contribution < -0.4 is 10.6 Å². The van der Waals surface area contributed by atoms with Gasteiger partial charge in [-0.3, -0.25) is 9.89 Å². The van der Waals surface area contributed by atoms with Crippen LogP contribution in [0.3, 0.4) is 0 Å². The Labute approximate surface area is 159 Å². The summed E-state index contributed by atoms with van der Waals surface area (Å²) in [5.74, 6) is 0.965. The van der Waals surface area contributed by atoms with Gasteiger partial charge in [0.1, 0.15) is 0 Å². The van der Waals surface area contributed by atoms with Gasteiger partial charge in [-0.2, -0.15) is 0 Å². The molecule has 2 rings (SSSR count). The van der Waals surface area contributed by atoms with Crippen LogP contribution in [-0.2, 0) is 0 Å². The second kappa shape index (κ2) is 10.7. The van der Waals surface area contributed by atoms with E-state index in [9.17, 15) is 0 Å². The standard InChI is InChI=1S/C17H35N5.HI/c1-4-17(7-6-8-17)15-20-16(18-3)19-9-10-22-13-11-21(5-2)12-14-22;/h4-15H2,1-3H3,(H2,18,19,20);1H. The maximum Gasteiger partial charge on any atom is 0.191 e. The van der Waals surface area contributed by atoms with Gasteiger partial charge in [0.15, 0.2) is 5.96 Å². The minimum atomic E-state index is 0. The molecule has 0 aromatic carbocycles. The van der Waals surface area contributed by atoms with Crippen molar-refractivity contribution in [3.63, 3.8) is 0 Å². The molecule has 1 saturated heterocycles. The van der Waals surface area contributed by atoms with Gasteiger partial charge in [0, 0.05) is 52.9 Å². The highest BCUT2D eigenvalue weighted by Crippen LogP contribution is 2.42. The zero-order chi connectivity index (χ0) is 15.8. The lowest BCUT2D eigenvalue weighted by atomic mass is 9.67. The van der Waals surface area contributed by atoms with Crippen molar-refractivity contribution in [1.82, 2.24) is 20.4 Å². The van der Waals surface area contributed by atoms with Gasteiger partial charge in [-0.1, -0.05) is 20.3 Å². The van der Waals surface area contributed by atoms with Crippen LogP contribution in [0.1, 0.15) is 39.5 Å². The summed E-state index contributed by atoms with van der Waals surface area (Å²) in [6.07, 6.45) is 5.41. The average Bonchev–Trinajstić information content (AvgIpc) is 2.53. The Morgan fingerprint density at radius 1 is 1.04 bits per heavy atom. The Morgan fingerprint density at radius 3 is 2.17 bits per heavy atom. The summed E-state index contributed by atoms with van der Waals surface area (Å²) in [5.41, 5.74) is 0.536. The fourth-order valence-corrected chi connectivity index (χ4v) is 3.49. The van der Waals surface area contributed by atoms with Crippen molar-refractivity contribution in [3.05, 3.63) is 0 Å². The fourth-order valence-electron chi connectivity index (χ4n) is 3.49. The van der Waals surface area contributed by atoms with Gasteiger partial charge in [-0.15, -0.1) is 24.0 Å². The summed E-state index contributed by atoms with van der Waals surface area (Å²) in [6, 6.07) is 0. The van der Waals surface area contributed by atoms with E-state index < -0.39 is 0 Å². The van der Waals surface area contributed by atoms with E-state index in [1.54, 1.807) is 0 Å². The minimum Gasteiger partial charge on any atom is -0.356 e. The van der Waals surface area contributed by atoms with Crippen LogP contribution in [0.2, 0.25) is 0 Å². The fraction of sp³-hybridized carbons (Fsp3) is 0.941. The molecule has 5 nitrogen and oxygen atoms in total. The van der Waals surface area contributed by atoms with Crippen LogP contribution in [0, 0.1) is 5.41 Å². The van der Waals surface area contributed by atoms with Crippen molar-refractivity contribution < 1.29 is 0 Å². The van der Waals surface area contributed by atoms with Crippen molar-refractivity contribution in [3.8, 4) is 0 Å². The molecule has 0 atom stereocenters. The third-order valence-electron chi connectivity index (χ3n) is 5.65. The number of hydrogen-bond donors (Lipinski definition) is 2. The lowest BCUT2D eigenvalue weighted by Gasteiger charge is -2.41. The van der Waals surface area contributed by atoms with E-state index in [0.29, 0.717) is 5.41 Å². The normalized spacial score (nSPS) is 22.1. The molecule has 23 heavy (non-hydrogen) atoms. The molecule has 0 bridgehead atoms. The topological polar surface area (TPSA) is 42.9 Å². The first-order valence-corrected chi connectivity index (χ1v) is 9.10. The SMILES string of the molecule is CCN1CCN(CCNC(=NC)NCC2(CC)CCC2)CC1.I. The molecule has 136 valence electrons. The quantitative estimate of drug-likeness (QED) is 0.363. The van der Waals surface area contributed by atoms with Crippen molar-refractivity contribution >= 4 is 29.9 Å². The van der Waals surface area contributed by atoms with Gasteiger partial charge in [-0.25, -0.2) is 0 Å². The monoisotopic (exact) mass is 437 g/mol. The van der Waals surface area contributed by atoms with Gasteiger partial charge >= 0.3 is 0 Å². The largest absolute Gasteiger partial charge is 0.356 e. The predicted octanol–water partition coefficient (Wildman–Crippen LogP) is 1.99. The lowest BCUT2D eigenvalue weighted by molar-refractivity contribution is 0.131. The summed E-state index contributed by atoms with van der Waals surface area (Å²) in [5, 5.41) is 7.00. The second-order valence-electron chi connectivity index (χ2n) is 6.84. The minimum absolute atomic E-state index is 0.